The summed E-state index contributed by atoms with van der Waals surface area (Å²) in [7, 11) is 0. The molecule has 0 saturated heterocycles. The van der Waals surface area contributed by atoms with Crippen molar-refractivity contribution >= 4 is 6.03 Å². The Balaban J connectivity index is 1.53. The average Bonchev–Trinajstić information content (AvgIpc) is 3.33. The zero-order valence-corrected chi connectivity index (χ0v) is 17.3. The molecular weight excluding hydrogens is 419 g/mol. The zero-order chi connectivity index (χ0) is 22.6. The fourth-order valence-electron chi connectivity index (χ4n) is 4.30. The van der Waals surface area contributed by atoms with Gasteiger partial charge in [0.1, 0.15) is 12.4 Å². The first-order chi connectivity index (χ1) is 15.4. The smallest absolute Gasteiger partial charge is 0.335 e. The van der Waals surface area contributed by atoms with Crippen LogP contribution < -0.4 is 10.6 Å². The van der Waals surface area contributed by atoms with Crippen molar-refractivity contribution < 1.29 is 18.0 Å². The molecule has 1 aliphatic rings. The van der Waals surface area contributed by atoms with Crippen molar-refractivity contribution in [3.63, 3.8) is 0 Å². The molecule has 0 aliphatic heterocycles. The van der Waals surface area contributed by atoms with Gasteiger partial charge in [0.05, 0.1) is 5.56 Å². The number of aromatic amines is 1. The highest BCUT2D eigenvalue weighted by Gasteiger charge is 2.32. The zero-order valence-electron chi connectivity index (χ0n) is 17.3. The van der Waals surface area contributed by atoms with E-state index in [1.807, 2.05) is 18.2 Å². The first-order valence-corrected chi connectivity index (χ1v) is 10.6. The lowest BCUT2D eigenvalue weighted by Gasteiger charge is -2.33. The molecule has 1 fully saturated rings. The van der Waals surface area contributed by atoms with Crippen LogP contribution in [0.25, 0.3) is 0 Å². The molecule has 168 valence electrons. The Kier molecular flexibility index (Phi) is 6.43. The van der Waals surface area contributed by atoms with E-state index in [2.05, 4.69) is 37.9 Å². The number of nitrogens with zero attached hydrogens (tertiary/aromatic N) is 2. The third-order valence-corrected chi connectivity index (χ3v) is 5.84. The molecule has 3 aromatic rings. The summed E-state index contributed by atoms with van der Waals surface area (Å²) in [5.74, 6) is 0.440. The molecule has 4 rings (SSSR count). The van der Waals surface area contributed by atoms with Gasteiger partial charge in [-0.1, -0.05) is 55.3 Å². The highest BCUT2D eigenvalue weighted by molar-refractivity contribution is 5.75. The number of benzene rings is 2. The predicted octanol–water partition coefficient (Wildman–Crippen LogP) is 4.94. The monoisotopic (exact) mass is 443 g/mol. The largest absolute Gasteiger partial charge is 0.416 e. The summed E-state index contributed by atoms with van der Waals surface area (Å²) in [6, 6.07) is 13.4. The second kappa shape index (κ2) is 9.42. The summed E-state index contributed by atoms with van der Waals surface area (Å²) < 4.78 is 39.6. The number of amides is 2. The van der Waals surface area contributed by atoms with Gasteiger partial charge in [0, 0.05) is 12.0 Å². The van der Waals surface area contributed by atoms with Gasteiger partial charge in [0.15, 0.2) is 5.82 Å². The number of urea groups is 1. The Morgan fingerprint density at radius 2 is 1.84 bits per heavy atom. The molecule has 0 radical (unpaired) electrons. The number of rotatable bonds is 5. The number of halogens is 3. The number of hydrogen-bond acceptors (Lipinski definition) is 3. The van der Waals surface area contributed by atoms with Crippen molar-refractivity contribution in [1.29, 1.82) is 0 Å². The van der Waals surface area contributed by atoms with E-state index >= 15 is 0 Å². The Morgan fingerprint density at radius 3 is 2.56 bits per heavy atom. The average molecular weight is 443 g/mol. The molecule has 2 amide bonds. The molecule has 6 nitrogen and oxygen atoms in total. The van der Waals surface area contributed by atoms with Gasteiger partial charge in [-0.05, 0) is 36.1 Å². The van der Waals surface area contributed by atoms with Crippen molar-refractivity contribution in [3.8, 4) is 0 Å². The maximum absolute atomic E-state index is 13.2. The fraction of sp³-hybridized carbons (Fsp3) is 0.348. The predicted molar refractivity (Wildman–Crippen MR) is 113 cm³/mol. The SMILES string of the molecule is O=C(NC(c1cccc(C(F)(F)F)c1)c1ncn[nH]1)NC1CCCCC1c1ccccc1. The molecule has 1 saturated carbocycles. The van der Waals surface area contributed by atoms with E-state index < -0.39 is 23.8 Å². The summed E-state index contributed by atoms with van der Waals surface area (Å²) in [6.07, 6.45) is 0.659. The number of aromatic nitrogens is 3. The van der Waals surface area contributed by atoms with E-state index in [0.29, 0.717) is 0 Å². The maximum Gasteiger partial charge on any atom is 0.416 e. The second-order valence-electron chi connectivity index (χ2n) is 7.95. The molecule has 2 aromatic carbocycles. The molecule has 3 unspecified atom stereocenters. The van der Waals surface area contributed by atoms with Crippen molar-refractivity contribution in [2.24, 2.45) is 0 Å². The van der Waals surface area contributed by atoms with Crippen molar-refractivity contribution in [1.82, 2.24) is 25.8 Å². The summed E-state index contributed by atoms with van der Waals surface area (Å²) in [5, 5.41) is 12.3. The Labute approximate surface area is 183 Å². The summed E-state index contributed by atoms with van der Waals surface area (Å²) >= 11 is 0. The van der Waals surface area contributed by atoms with Gasteiger partial charge in [-0.15, -0.1) is 0 Å². The van der Waals surface area contributed by atoms with E-state index in [0.717, 1.165) is 37.8 Å². The number of nitrogens with one attached hydrogen (secondary N) is 3. The lowest BCUT2D eigenvalue weighted by atomic mass is 9.80. The second-order valence-corrected chi connectivity index (χ2v) is 7.95. The van der Waals surface area contributed by atoms with Crippen molar-refractivity contribution in [2.45, 2.75) is 49.9 Å². The maximum atomic E-state index is 13.2. The number of carbonyl (C=O) groups is 1. The summed E-state index contributed by atoms with van der Waals surface area (Å²) in [6.45, 7) is 0. The Bertz CT molecular complexity index is 1020. The number of carbonyl (C=O) groups excluding carboxylic acids is 1. The van der Waals surface area contributed by atoms with Gasteiger partial charge >= 0.3 is 12.2 Å². The first kappa shape index (κ1) is 21.9. The van der Waals surface area contributed by atoms with Gasteiger partial charge in [0.25, 0.3) is 0 Å². The van der Waals surface area contributed by atoms with Crippen LogP contribution in [-0.4, -0.2) is 27.3 Å². The molecule has 32 heavy (non-hydrogen) atoms. The van der Waals surface area contributed by atoms with E-state index in [4.69, 9.17) is 0 Å². The Hall–Kier alpha value is -3.36. The minimum atomic E-state index is -4.49. The van der Waals surface area contributed by atoms with Crippen LogP contribution in [0.3, 0.4) is 0 Å². The lowest BCUT2D eigenvalue weighted by molar-refractivity contribution is -0.137. The molecule has 0 spiro atoms. The number of alkyl halides is 3. The molecule has 0 bridgehead atoms. The molecule has 1 aliphatic carbocycles. The van der Waals surface area contributed by atoms with Gasteiger partial charge in [-0.3, -0.25) is 5.10 Å². The molecule has 3 N–H and O–H groups in total. The quantitative estimate of drug-likeness (QED) is 0.522. The van der Waals surface area contributed by atoms with E-state index in [-0.39, 0.29) is 23.3 Å². The van der Waals surface area contributed by atoms with Crippen LogP contribution in [0, 0.1) is 0 Å². The minimum Gasteiger partial charge on any atom is -0.335 e. The van der Waals surface area contributed by atoms with Crippen LogP contribution in [-0.2, 0) is 6.18 Å². The summed E-state index contributed by atoms with van der Waals surface area (Å²) in [5.41, 5.74) is 0.635. The van der Waals surface area contributed by atoms with Crippen LogP contribution in [0.4, 0.5) is 18.0 Å². The van der Waals surface area contributed by atoms with E-state index in [9.17, 15) is 18.0 Å². The van der Waals surface area contributed by atoms with Crippen LogP contribution in [0.1, 0.15) is 60.2 Å². The minimum absolute atomic E-state index is 0.0666. The standard InChI is InChI=1S/C23H24F3N5O/c24-23(25,26)17-10-6-9-16(13-17)20(21-27-14-28-31-21)30-22(32)29-19-12-5-4-11-18(19)15-7-2-1-3-8-15/h1-3,6-10,13-14,18-20H,4-5,11-12H2,(H,27,28,31)(H2,29,30,32). The van der Waals surface area contributed by atoms with E-state index in [1.54, 1.807) is 0 Å². The van der Waals surface area contributed by atoms with Crippen LogP contribution in [0.5, 0.6) is 0 Å². The highest BCUT2D eigenvalue weighted by Crippen LogP contribution is 2.34. The van der Waals surface area contributed by atoms with Crippen molar-refractivity contribution in [3.05, 3.63) is 83.4 Å². The van der Waals surface area contributed by atoms with E-state index in [1.165, 1.54) is 24.0 Å². The first-order valence-electron chi connectivity index (χ1n) is 10.6. The molecule has 1 aromatic heterocycles. The van der Waals surface area contributed by atoms with Crippen LogP contribution >= 0.6 is 0 Å². The third kappa shape index (κ3) is 5.09. The normalized spacial score (nSPS) is 19.8. The van der Waals surface area contributed by atoms with Gasteiger partial charge in [-0.2, -0.15) is 18.3 Å². The fourth-order valence-corrected chi connectivity index (χ4v) is 4.30. The van der Waals surface area contributed by atoms with Crippen LogP contribution in [0.2, 0.25) is 0 Å². The lowest BCUT2D eigenvalue weighted by Crippen LogP contribution is -2.47. The highest BCUT2D eigenvalue weighted by atomic mass is 19.4. The van der Waals surface area contributed by atoms with Gasteiger partial charge < -0.3 is 10.6 Å². The molecule has 3 atom stereocenters. The van der Waals surface area contributed by atoms with Crippen LogP contribution in [0.15, 0.2) is 60.9 Å². The molecule has 1 heterocycles. The third-order valence-electron chi connectivity index (χ3n) is 5.84. The van der Waals surface area contributed by atoms with Gasteiger partial charge in [-0.25, -0.2) is 9.78 Å². The Morgan fingerprint density at radius 1 is 1.06 bits per heavy atom. The summed E-state index contributed by atoms with van der Waals surface area (Å²) in [4.78, 5) is 17.0. The van der Waals surface area contributed by atoms with Gasteiger partial charge in [0.2, 0.25) is 0 Å². The van der Waals surface area contributed by atoms with Crippen molar-refractivity contribution in [2.75, 3.05) is 0 Å². The number of hydrogen-bond donors (Lipinski definition) is 3. The molecular formula is C23H24F3N5O. The number of H-pyrrole nitrogens is 1. The topological polar surface area (TPSA) is 82.7 Å². The molecule has 9 heteroatoms.